The van der Waals surface area contributed by atoms with E-state index in [0.717, 1.165) is 32.7 Å². The quantitative estimate of drug-likeness (QED) is 0.185. The molecule has 5 aromatic heterocycles. The third-order valence-corrected chi connectivity index (χ3v) is 12.0. The number of hydrogen-bond acceptors (Lipinski definition) is 6. The molecule has 0 amide bonds. The lowest BCUT2D eigenvalue weighted by molar-refractivity contribution is 1.07. The second-order valence-corrected chi connectivity index (χ2v) is 14.7. The van der Waals surface area contributed by atoms with Crippen LogP contribution in [0.3, 0.4) is 0 Å². The van der Waals surface area contributed by atoms with Crippen molar-refractivity contribution in [2.45, 2.75) is 0 Å². The van der Waals surface area contributed by atoms with Gasteiger partial charge in [-0.25, -0.2) is 19.9 Å². The Labute approximate surface area is 299 Å². The topological polar surface area (TPSA) is 56.5 Å². The van der Waals surface area contributed by atoms with Crippen molar-refractivity contribution in [2.24, 2.45) is 0 Å². The number of benzene rings is 6. The molecule has 0 spiro atoms. The monoisotopic (exact) mass is 687 g/mol. The normalized spacial score (nSPS) is 11.9. The minimum absolute atomic E-state index is 0.632. The van der Waals surface area contributed by atoms with E-state index in [9.17, 15) is 0 Å². The fourth-order valence-corrected chi connectivity index (χ4v) is 10.0. The predicted molar refractivity (Wildman–Crippen MR) is 214 cm³/mol. The summed E-state index contributed by atoms with van der Waals surface area (Å²) in [4.78, 5) is 20.9. The number of pyridine rings is 1. The highest BCUT2D eigenvalue weighted by Crippen LogP contribution is 2.51. The Morgan fingerprint density at radius 3 is 1.84 bits per heavy atom. The second kappa shape index (κ2) is 11.1. The van der Waals surface area contributed by atoms with Gasteiger partial charge in [-0.05, 0) is 36.4 Å². The van der Waals surface area contributed by atoms with Crippen molar-refractivity contribution >= 4 is 85.0 Å². The van der Waals surface area contributed by atoms with Crippen LogP contribution in [0.4, 0.5) is 0 Å². The Morgan fingerprint density at radius 2 is 1.08 bits per heavy atom. The van der Waals surface area contributed by atoms with E-state index in [1.165, 1.54) is 51.9 Å². The molecule has 0 saturated heterocycles. The van der Waals surface area contributed by atoms with Crippen LogP contribution in [0.2, 0.25) is 0 Å². The summed E-state index contributed by atoms with van der Waals surface area (Å²) in [5, 5.41) is 7.59. The highest BCUT2D eigenvalue weighted by Gasteiger charge is 2.25. The maximum Gasteiger partial charge on any atom is 0.164 e. The first kappa shape index (κ1) is 28.5. The molecule has 11 aromatic rings. The summed E-state index contributed by atoms with van der Waals surface area (Å²) in [6, 6.07) is 50.8. The van der Waals surface area contributed by atoms with E-state index in [1.54, 1.807) is 11.3 Å². The van der Waals surface area contributed by atoms with E-state index in [0.29, 0.717) is 17.5 Å². The van der Waals surface area contributed by atoms with Crippen LogP contribution in [0.15, 0.2) is 152 Å². The van der Waals surface area contributed by atoms with Gasteiger partial charge in [0.2, 0.25) is 0 Å². The largest absolute Gasteiger partial charge is 0.308 e. The van der Waals surface area contributed by atoms with Gasteiger partial charge >= 0.3 is 0 Å². The summed E-state index contributed by atoms with van der Waals surface area (Å²) in [5.41, 5.74) is 6.23. The van der Waals surface area contributed by atoms with Crippen LogP contribution in [-0.4, -0.2) is 24.5 Å². The fourth-order valence-electron chi connectivity index (χ4n) is 7.49. The van der Waals surface area contributed by atoms with Gasteiger partial charge in [-0.2, -0.15) is 0 Å². The van der Waals surface area contributed by atoms with Gasteiger partial charge in [-0.1, -0.05) is 109 Å². The number of rotatable bonds is 4. The molecule has 0 atom stereocenters. The molecule has 0 bridgehead atoms. The molecule has 0 aliphatic heterocycles. The molecule has 0 N–H and O–H groups in total. The van der Waals surface area contributed by atoms with Gasteiger partial charge in [0.25, 0.3) is 0 Å². The number of fused-ring (bicyclic) bond motifs is 12. The highest BCUT2D eigenvalue weighted by atomic mass is 32.1. The molecule has 7 heteroatoms. The lowest BCUT2D eigenvalue weighted by Gasteiger charge is -2.12. The summed E-state index contributed by atoms with van der Waals surface area (Å²) in [5.74, 6) is 1.92. The molecule has 0 unspecified atom stereocenters. The van der Waals surface area contributed by atoms with Crippen molar-refractivity contribution < 1.29 is 0 Å². The molecule has 11 rings (SSSR count). The molecule has 0 aliphatic rings. The van der Waals surface area contributed by atoms with Gasteiger partial charge in [0, 0.05) is 70.3 Å². The second-order valence-electron chi connectivity index (χ2n) is 12.6. The first-order chi connectivity index (χ1) is 25.3. The average Bonchev–Trinajstić information content (AvgIpc) is 3.88. The SMILES string of the molecule is c1ccc(-c2nc(-c3ccccc3)nc(-c3cccc(-n4c5ccccc5c5c6c7ccccc7sc6c6c7cccnc7sc6c54)c3)n2)cc1. The smallest absolute Gasteiger partial charge is 0.164 e. The lowest BCUT2D eigenvalue weighted by atomic mass is 10.0. The maximum absolute atomic E-state index is 5.06. The van der Waals surface area contributed by atoms with E-state index >= 15 is 0 Å². The lowest BCUT2D eigenvalue weighted by Crippen LogP contribution is -2.01. The number of thiophene rings is 2. The maximum atomic E-state index is 5.06. The van der Waals surface area contributed by atoms with Gasteiger partial charge in [0.15, 0.2) is 17.5 Å². The first-order valence-corrected chi connectivity index (χ1v) is 18.4. The summed E-state index contributed by atoms with van der Waals surface area (Å²) in [6.45, 7) is 0. The third kappa shape index (κ3) is 4.32. The predicted octanol–water partition coefficient (Wildman–Crippen LogP) is 12.1. The number of hydrogen-bond donors (Lipinski definition) is 0. The summed E-state index contributed by atoms with van der Waals surface area (Å²) in [7, 11) is 0. The van der Waals surface area contributed by atoms with E-state index in [1.807, 2.05) is 78.2 Å². The zero-order chi connectivity index (χ0) is 33.5. The summed E-state index contributed by atoms with van der Waals surface area (Å²) >= 11 is 3.67. The van der Waals surface area contributed by atoms with Crippen molar-refractivity contribution in [1.82, 2.24) is 24.5 Å². The molecule has 238 valence electrons. The van der Waals surface area contributed by atoms with Crippen molar-refractivity contribution in [3.63, 3.8) is 0 Å². The minimum Gasteiger partial charge on any atom is -0.308 e. The Hall–Kier alpha value is -6.28. The first-order valence-electron chi connectivity index (χ1n) is 16.8. The molecule has 0 radical (unpaired) electrons. The van der Waals surface area contributed by atoms with Crippen molar-refractivity contribution in [3.8, 4) is 39.9 Å². The third-order valence-electron chi connectivity index (χ3n) is 9.69. The van der Waals surface area contributed by atoms with Crippen LogP contribution in [0.25, 0.3) is 102 Å². The zero-order valence-corrected chi connectivity index (χ0v) is 28.6. The van der Waals surface area contributed by atoms with Crippen LogP contribution in [0, 0.1) is 0 Å². The van der Waals surface area contributed by atoms with Gasteiger partial charge in [-0.3, -0.25) is 0 Å². The molecule has 0 fully saturated rings. The van der Waals surface area contributed by atoms with Gasteiger partial charge < -0.3 is 4.57 Å². The molecular weight excluding hydrogens is 663 g/mol. The van der Waals surface area contributed by atoms with E-state index < -0.39 is 0 Å². The van der Waals surface area contributed by atoms with E-state index in [-0.39, 0.29) is 0 Å². The minimum atomic E-state index is 0.632. The fraction of sp³-hybridized carbons (Fsp3) is 0. The summed E-state index contributed by atoms with van der Waals surface area (Å²) in [6.07, 6.45) is 1.90. The van der Waals surface area contributed by atoms with Crippen molar-refractivity contribution in [2.75, 3.05) is 0 Å². The molecule has 0 saturated carbocycles. The van der Waals surface area contributed by atoms with Crippen LogP contribution in [0.1, 0.15) is 0 Å². The molecule has 5 heterocycles. The van der Waals surface area contributed by atoms with Gasteiger partial charge in [0.1, 0.15) is 4.83 Å². The van der Waals surface area contributed by atoms with Crippen molar-refractivity contribution in [1.29, 1.82) is 0 Å². The average molecular weight is 688 g/mol. The number of nitrogens with zero attached hydrogens (tertiary/aromatic N) is 5. The van der Waals surface area contributed by atoms with Crippen molar-refractivity contribution in [3.05, 3.63) is 152 Å². The Kier molecular flexibility index (Phi) is 6.22. The van der Waals surface area contributed by atoms with Crippen LogP contribution < -0.4 is 0 Å². The van der Waals surface area contributed by atoms with Crippen LogP contribution >= 0.6 is 22.7 Å². The van der Waals surface area contributed by atoms with E-state index in [4.69, 9.17) is 19.9 Å². The molecule has 51 heavy (non-hydrogen) atoms. The number of aromatic nitrogens is 5. The highest BCUT2D eigenvalue weighted by molar-refractivity contribution is 7.30. The molecule has 5 nitrogen and oxygen atoms in total. The molecule has 6 aromatic carbocycles. The Morgan fingerprint density at radius 1 is 0.451 bits per heavy atom. The van der Waals surface area contributed by atoms with Crippen LogP contribution in [0.5, 0.6) is 0 Å². The van der Waals surface area contributed by atoms with E-state index in [2.05, 4.69) is 89.5 Å². The molecule has 0 aliphatic carbocycles. The number of para-hydroxylation sites is 1. The van der Waals surface area contributed by atoms with Gasteiger partial charge in [0.05, 0.1) is 15.7 Å². The van der Waals surface area contributed by atoms with Gasteiger partial charge in [-0.15, -0.1) is 22.7 Å². The standard InChI is InChI=1S/C44H25N5S2/c1-3-13-26(14-4-1)41-46-42(27-15-5-2-6-16-27)48-43(47-41)28-17-11-18-29(25-28)49-33-22-9-7-19-30(33)35-36-31-20-8-10-23-34(31)50-39(36)37-32-21-12-24-45-44(32)51-40(37)38(35)49/h1-25H. The van der Waals surface area contributed by atoms with Crippen LogP contribution in [-0.2, 0) is 0 Å². The Balaban J connectivity index is 1.24. The molecular formula is C44H25N5S2. The summed E-state index contributed by atoms with van der Waals surface area (Å²) < 4.78 is 6.30. The zero-order valence-electron chi connectivity index (χ0n) is 27.0. The Bertz CT molecular complexity index is 3080.